The largest absolute Gasteiger partial charge is 0.416 e. The molecule has 3 rings (SSSR count). The predicted octanol–water partition coefficient (Wildman–Crippen LogP) is 5.87. The number of nitro groups is 1. The first-order valence-electron chi connectivity index (χ1n) is 8.74. The van der Waals surface area contributed by atoms with E-state index in [-0.39, 0.29) is 5.56 Å². The van der Waals surface area contributed by atoms with Gasteiger partial charge >= 0.3 is 6.18 Å². The Balaban J connectivity index is 1.86. The van der Waals surface area contributed by atoms with Crippen molar-refractivity contribution in [3.63, 3.8) is 0 Å². The summed E-state index contributed by atoms with van der Waals surface area (Å²) in [6, 6.07) is 17.6. The predicted molar refractivity (Wildman–Crippen MR) is 107 cm³/mol. The van der Waals surface area contributed by atoms with E-state index in [9.17, 15) is 28.1 Å². The van der Waals surface area contributed by atoms with E-state index in [2.05, 4.69) is 5.32 Å². The van der Waals surface area contributed by atoms with Crippen molar-refractivity contribution in [3.8, 4) is 11.1 Å². The monoisotopic (exact) mass is 412 g/mol. The number of nitrogens with one attached hydrogen (secondary N) is 1. The number of benzene rings is 3. The Labute approximate surface area is 169 Å². The second kappa shape index (κ2) is 8.60. The van der Waals surface area contributed by atoms with Crippen LogP contribution < -0.4 is 5.32 Å². The number of alkyl halides is 3. The summed E-state index contributed by atoms with van der Waals surface area (Å²) < 4.78 is 38.4. The standard InChI is InChI=1S/C22H15F3N2O3/c23-22(24,25)17-10-8-16(9-11-17)19-6-1-2-7-20(19)21(28)26-18-5-3-4-15(14-18)12-13-27(29)30/h1-14H,(H,26,28). The molecule has 3 aromatic carbocycles. The molecule has 0 saturated heterocycles. The van der Waals surface area contributed by atoms with Crippen LogP contribution in [0.2, 0.25) is 0 Å². The van der Waals surface area contributed by atoms with Crippen molar-refractivity contribution in [1.82, 2.24) is 0 Å². The zero-order chi connectivity index (χ0) is 21.7. The quantitative estimate of drug-likeness (QED) is 0.421. The van der Waals surface area contributed by atoms with Crippen LogP contribution in [-0.4, -0.2) is 10.8 Å². The molecule has 3 aromatic rings. The maximum absolute atomic E-state index is 12.8. The molecule has 0 saturated carbocycles. The Hall–Kier alpha value is -3.94. The summed E-state index contributed by atoms with van der Waals surface area (Å²) in [6.07, 6.45) is -2.35. The Morgan fingerprint density at radius 1 is 0.967 bits per heavy atom. The van der Waals surface area contributed by atoms with Crippen molar-refractivity contribution in [3.05, 3.63) is 106 Å². The van der Waals surface area contributed by atoms with Crippen molar-refractivity contribution in [2.24, 2.45) is 0 Å². The lowest BCUT2D eigenvalue weighted by Gasteiger charge is -2.12. The van der Waals surface area contributed by atoms with Gasteiger partial charge in [0.15, 0.2) is 0 Å². The second-order valence-electron chi connectivity index (χ2n) is 6.30. The van der Waals surface area contributed by atoms with Gasteiger partial charge < -0.3 is 5.32 Å². The summed E-state index contributed by atoms with van der Waals surface area (Å²) in [7, 11) is 0. The Morgan fingerprint density at radius 3 is 2.33 bits per heavy atom. The van der Waals surface area contributed by atoms with Crippen LogP contribution in [-0.2, 0) is 6.18 Å². The van der Waals surface area contributed by atoms with Gasteiger partial charge in [0.25, 0.3) is 5.91 Å². The molecule has 1 amide bonds. The minimum absolute atomic E-state index is 0.281. The molecule has 0 aliphatic rings. The molecule has 0 bridgehead atoms. The van der Waals surface area contributed by atoms with Crippen molar-refractivity contribution in [2.45, 2.75) is 6.18 Å². The number of carbonyl (C=O) groups is 1. The van der Waals surface area contributed by atoms with E-state index in [0.29, 0.717) is 22.4 Å². The molecule has 0 aliphatic carbocycles. The molecular formula is C22H15F3N2O3. The topological polar surface area (TPSA) is 72.2 Å². The smallest absolute Gasteiger partial charge is 0.322 e. The molecular weight excluding hydrogens is 397 g/mol. The maximum atomic E-state index is 12.8. The molecule has 5 nitrogen and oxygen atoms in total. The average molecular weight is 412 g/mol. The lowest BCUT2D eigenvalue weighted by Crippen LogP contribution is -2.13. The highest BCUT2D eigenvalue weighted by Gasteiger charge is 2.30. The van der Waals surface area contributed by atoms with Gasteiger partial charge in [-0.2, -0.15) is 13.2 Å². The molecule has 0 spiro atoms. The molecule has 0 atom stereocenters. The van der Waals surface area contributed by atoms with E-state index in [4.69, 9.17) is 0 Å². The van der Waals surface area contributed by atoms with Gasteiger partial charge in [-0.3, -0.25) is 14.9 Å². The van der Waals surface area contributed by atoms with E-state index in [1.54, 1.807) is 48.5 Å². The summed E-state index contributed by atoms with van der Waals surface area (Å²) in [5.74, 6) is -0.457. The third-order valence-electron chi connectivity index (χ3n) is 4.23. The van der Waals surface area contributed by atoms with Crippen LogP contribution in [0.1, 0.15) is 21.5 Å². The van der Waals surface area contributed by atoms with Crippen LogP contribution in [0.25, 0.3) is 17.2 Å². The van der Waals surface area contributed by atoms with E-state index in [0.717, 1.165) is 18.3 Å². The molecule has 0 fully saturated rings. The van der Waals surface area contributed by atoms with Crippen LogP contribution in [0.5, 0.6) is 0 Å². The zero-order valence-electron chi connectivity index (χ0n) is 15.4. The first kappa shape index (κ1) is 20.8. The highest BCUT2D eigenvalue weighted by Crippen LogP contribution is 2.32. The fourth-order valence-electron chi connectivity index (χ4n) is 2.84. The van der Waals surface area contributed by atoms with Gasteiger partial charge in [-0.25, -0.2) is 0 Å². The number of hydrogen-bond donors (Lipinski definition) is 1. The summed E-state index contributed by atoms with van der Waals surface area (Å²) in [6.45, 7) is 0. The molecule has 8 heteroatoms. The molecule has 0 aliphatic heterocycles. The van der Waals surface area contributed by atoms with Crippen LogP contribution in [0.15, 0.2) is 79.0 Å². The fourth-order valence-corrected chi connectivity index (χ4v) is 2.84. The third kappa shape index (κ3) is 5.11. The van der Waals surface area contributed by atoms with Crippen LogP contribution >= 0.6 is 0 Å². The number of amides is 1. The third-order valence-corrected chi connectivity index (χ3v) is 4.23. The lowest BCUT2D eigenvalue weighted by molar-refractivity contribution is -0.400. The normalized spacial score (nSPS) is 11.4. The highest BCUT2D eigenvalue weighted by molar-refractivity contribution is 6.08. The van der Waals surface area contributed by atoms with Crippen molar-refractivity contribution in [1.29, 1.82) is 0 Å². The number of anilines is 1. The van der Waals surface area contributed by atoms with Gasteiger partial charge in [0.2, 0.25) is 6.20 Å². The van der Waals surface area contributed by atoms with Crippen LogP contribution in [0.4, 0.5) is 18.9 Å². The Kier molecular flexibility index (Phi) is 5.96. The number of nitrogens with zero attached hydrogens (tertiary/aromatic N) is 1. The number of rotatable bonds is 5. The number of carbonyl (C=O) groups excluding carboxylic acids is 1. The van der Waals surface area contributed by atoms with Gasteiger partial charge in [0.05, 0.1) is 10.5 Å². The second-order valence-corrected chi connectivity index (χ2v) is 6.30. The molecule has 152 valence electrons. The van der Waals surface area contributed by atoms with Gasteiger partial charge in [-0.1, -0.05) is 42.5 Å². The highest BCUT2D eigenvalue weighted by atomic mass is 19.4. The first-order chi connectivity index (χ1) is 14.2. The molecule has 1 N–H and O–H groups in total. The van der Waals surface area contributed by atoms with Crippen molar-refractivity contribution >= 4 is 17.7 Å². The lowest BCUT2D eigenvalue weighted by atomic mass is 9.98. The first-order valence-corrected chi connectivity index (χ1v) is 8.74. The fraction of sp³-hybridized carbons (Fsp3) is 0.0455. The number of hydrogen-bond acceptors (Lipinski definition) is 3. The van der Waals surface area contributed by atoms with Gasteiger partial charge in [-0.05, 0) is 47.0 Å². The van der Waals surface area contributed by atoms with Gasteiger partial charge in [-0.15, -0.1) is 0 Å². The summed E-state index contributed by atoms with van der Waals surface area (Å²) in [5.41, 5.74) is 1.41. The maximum Gasteiger partial charge on any atom is 0.416 e. The molecule has 0 heterocycles. The molecule has 0 unspecified atom stereocenters. The SMILES string of the molecule is O=C(Nc1cccc(C=C[N+](=O)[O-])c1)c1ccccc1-c1ccc(C(F)(F)F)cc1. The zero-order valence-corrected chi connectivity index (χ0v) is 15.4. The minimum Gasteiger partial charge on any atom is -0.322 e. The Bertz CT molecular complexity index is 1110. The molecule has 0 radical (unpaired) electrons. The summed E-state index contributed by atoms with van der Waals surface area (Å²) in [4.78, 5) is 22.7. The van der Waals surface area contributed by atoms with Crippen molar-refractivity contribution in [2.75, 3.05) is 5.32 Å². The van der Waals surface area contributed by atoms with Gasteiger partial charge in [0.1, 0.15) is 0 Å². The number of halogens is 3. The molecule has 0 aromatic heterocycles. The van der Waals surface area contributed by atoms with E-state index < -0.39 is 22.6 Å². The minimum atomic E-state index is -4.44. The molecule has 30 heavy (non-hydrogen) atoms. The van der Waals surface area contributed by atoms with Gasteiger partial charge in [0, 0.05) is 17.3 Å². The van der Waals surface area contributed by atoms with Crippen LogP contribution in [0.3, 0.4) is 0 Å². The van der Waals surface area contributed by atoms with E-state index >= 15 is 0 Å². The summed E-state index contributed by atoms with van der Waals surface area (Å²) >= 11 is 0. The average Bonchev–Trinajstić information content (AvgIpc) is 2.72. The summed E-state index contributed by atoms with van der Waals surface area (Å²) in [5, 5.41) is 13.2. The van der Waals surface area contributed by atoms with E-state index in [1.165, 1.54) is 18.2 Å². The van der Waals surface area contributed by atoms with Crippen LogP contribution in [0, 0.1) is 10.1 Å². The van der Waals surface area contributed by atoms with E-state index in [1.807, 2.05) is 0 Å². The van der Waals surface area contributed by atoms with Crippen molar-refractivity contribution < 1.29 is 22.9 Å². The Morgan fingerprint density at radius 2 is 1.67 bits per heavy atom.